The van der Waals surface area contributed by atoms with Crippen molar-refractivity contribution in [1.29, 1.82) is 0 Å². The molecule has 2 rings (SSSR count). The number of anilines is 1. The zero-order chi connectivity index (χ0) is 17.5. The van der Waals surface area contributed by atoms with E-state index in [9.17, 15) is 13.6 Å². The van der Waals surface area contributed by atoms with Gasteiger partial charge in [-0.2, -0.15) is 0 Å². The zero-order valence-corrected chi connectivity index (χ0v) is 13.7. The van der Waals surface area contributed by atoms with Crippen molar-refractivity contribution in [2.45, 2.75) is 13.5 Å². The Morgan fingerprint density at radius 2 is 2.00 bits per heavy atom. The van der Waals surface area contributed by atoms with Crippen LogP contribution in [0.1, 0.15) is 12.5 Å². The molecule has 2 aromatic carbocycles. The predicted octanol–water partition coefficient (Wildman–Crippen LogP) is 2.02. The molecule has 4 nitrogen and oxygen atoms in total. The summed E-state index contributed by atoms with van der Waals surface area (Å²) < 4.78 is 31.8. The van der Waals surface area contributed by atoms with E-state index in [1.807, 2.05) is 6.92 Å². The SMILES string of the molecule is CC[NH+](CC(=O)Nc1cccc(F)c1)Cc1ccc(OC)c(F)c1. The molecule has 24 heavy (non-hydrogen) atoms. The van der Waals surface area contributed by atoms with Crippen LogP contribution in [0.3, 0.4) is 0 Å². The van der Waals surface area contributed by atoms with Gasteiger partial charge in [-0.05, 0) is 43.3 Å². The van der Waals surface area contributed by atoms with Crippen LogP contribution >= 0.6 is 0 Å². The number of carbonyl (C=O) groups excluding carboxylic acids is 1. The standard InChI is InChI=1S/C18H20F2N2O2/c1-3-22(11-13-7-8-17(24-2)16(20)9-13)12-18(23)21-15-6-4-5-14(19)10-15/h4-10H,3,11-12H2,1-2H3,(H,21,23)/p+1. The second kappa shape index (κ2) is 8.40. The third-order valence-corrected chi connectivity index (χ3v) is 3.69. The molecule has 1 unspecified atom stereocenters. The minimum Gasteiger partial charge on any atom is -0.494 e. The molecule has 0 bridgehead atoms. The molecule has 0 fully saturated rings. The van der Waals surface area contributed by atoms with E-state index in [1.165, 1.54) is 31.4 Å². The number of amides is 1. The molecule has 0 spiro atoms. The Balaban J connectivity index is 1.96. The van der Waals surface area contributed by atoms with Gasteiger partial charge >= 0.3 is 0 Å². The smallest absolute Gasteiger partial charge is 0.279 e. The summed E-state index contributed by atoms with van der Waals surface area (Å²) in [5.74, 6) is -0.844. The summed E-state index contributed by atoms with van der Waals surface area (Å²) in [4.78, 5) is 13.1. The van der Waals surface area contributed by atoms with Crippen LogP contribution in [0.25, 0.3) is 0 Å². The summed E-state index contributed by atoms with van der Waals surface area (Å²) in [6.07, 6.45) is 0. The van der Waals surface area contributed by atoms with Crippen molar-refractivity contribution < 1.29 is 23.2 Å². The molecule has 6 heteroatoms. The fourth-order valence-electron chi connectivity index (χ4n) is 2.42. The minimum atomic E-state index is -0.422. The summed E-state index contributed by atoms with van der Waals surface area (Å²) in [5.41, 5.74) is 1.20. The average Bonchev–Trinajstić information content (AvgIpc) is 2.54. The Kier molecular flexibility index (Phi) is 6.26. The first-order valence-corrected chi connectivity index (χ1v) is 7.73. The number of ether oxygens (including phenoxy) is 1. The second-order valence-corrected chi connectivity index (χ2v) is 5.48. The van der Waals surface area contributed by atoms with Gasteiger partial charge in [0, 0.05) is 11.3 Å². The molecular weight excluding hydrogens is 314 g/mol. The lowest BCUT2D eigenvalue weighted by Gasteiger charge is -2.17. The van der Waals surface area contributed by atoms with Crippen LogP contribution in [0, 0.1) is 11.6 Å². The van der Waals surface area contributed by atoms with E-state index in [0.717, 1.165) is 10.5 Å². The molecule has 0 aliphatic heterocycles. The Hall–Kier alpha value is -2.47. The topological polar surface area (TPSA) is 42.8 Å². The fraction of sp³-hybridized carbons (Fsp3) is 0.278. The molecule has 0 saturated carbocycles. The number of nitrogens with one attached hydrogen (secondary N) is 2. The van der Waals surface area contributed by atoms with Crippen molar-refractivity contribution in [2.24, 2.45) is 0 Å². The van der Waals surface area contributed by atoms with E-state index in [2.05, 4.69) is 5.32 Å². The van der Waals surface area contributed by atoms with Gasteiger partial charge in [0.1, 0.15) is 12.4 Å². The summed E-state index contributed by atoms with van der Waals surface area (Å²) in [6.45, 7) is 3.36. The van der Waals surface area contributed by atoms with Gasteiger partial charge in [0.05, 0.1) is 13.7 Å². The van der Waals surface area contributed by atoms with Crippen molar-refractivity contribution in [3.63, 3.8) is 0 Å². The lowest BCUT2D eigenvalue weighted by atomic mass is 10.2. The van der Waals surface area contributed by atoms with Crippen LogP contribution in [0.2, 0.25) is 0 Å². The normalized spacial score (nSPS) is 11.8. The molecule has 0 aromatic heterocycles. The predicted molar refractivity (Wildman–Crippen MR) is 88.1 cm³/mol. The number of quaternary nitrogens is 1. The number of halogens is 2. The van der Waals surface area contributed by atoms with Crippen molar-refractivity contribution in [2.75, 3.05) is 25.5 Å². The Bertz CT molecular complexity index is 707. The molecule has 1 amide bonds. The number of methoxy groups -OCH3 is 1. The number of carbonyl (C=O) groups is 1. The third kappa shape index (κ3) is 5.03. The van der Waals surface area contributed by atoms with Crippen molar-refractivity contribution in [3.8, 4) is 5.75 Å². The minimum absolute atomic E-state index is 0.195. The maximum Gasteiger partial charge on any atom is 0.279 e. The first-order valence-electron chi connectivity index (χ1n) is 7.73. The van der Waals surface area contributed by atoms with Crippen LogP contribution in [-0.4, -0.2) is 26.1 Å². The van der Waals surface area contributed by atoms with E-state index in [4.69, 9.17) is 4.74 Å². The van der Waals surface area contributed by atoms with Crippen molar-refractivity contribution >= 4 is 11.6 Å². The van der Waals surface area contributed by atoms with Gasteiger partial charge in [0.15, 0.2) is 18.1 Å². The van der Waals surface area contributed by atoms with Gasteiger partial charge in [-0.3, -0.25) is 4.79 Å². The Morgan fingerprint density at radius 1 is 1.21 bits per heavy atom. The quantitative estimate of drug-likeness (QED) is 0.813. The molecule has 0 radical (unpaired) electrons. The number of hydrogen-bond donors (Lipinski definition) is 2. The van der Waals surface area contributed by atoms with Crippen molar-refractivity contribution in [3.05, 3.63) is 59.7 Å². The Labute approximate surface area is 140 Å². The molecule has 2 aromatic rings. The monoisotopic (exact) mass is 335 g/mol. The molecule has 0 heterocycles. The van der Waals surface area contributed by atoms with E-state index in [-0.39, 0.29) is 18.2 Å². The van der Waals surface area contributed by atoms with E-state index in [1.54, 1.807) is 18.2 Å². The highest BCUT2D eigenvalue weighted by Gasteiger charge is 2.15. The van der Waals surface area contributed by atoms with Gasteiger partial charge in [-0.15, -0.1) is 0 Å². The maximum atomic E-state index is 13.7. The highest BCUT2D eigenvalue weighted by Crippen LogP contribution is 2.17. The van der Waals surface area contributed by atoms with Gasteiger partial charge in [-0.1, -0.05) is 6.07 Å². The number of benzene rings is 2. The van der Waals surface area contributed by atoms with Crippen LogP contribution in [0.15, 0.2) is 42.5 Å². The lowest BCUT2D eigenvalue weighted by molar-refractivity contribution is -0.903. The molecule has 0 saturated heterocycles. The summed E-state index contributed by atoms with van der Waals surface area (Å²) >= 11 is 0. The molecular formula is C18H21F2N2O2+. The van der Waals surface area contributed by atoms with E-state index in [0.29, 0.717) is 18.8 Å². The number of likely N-dealkylation sites (N-methyl/N-ethyl adjacent to an activating group) is 1. The van der Waals surface area contributed by atoms with Gasteiger partial charge < -0.3 is 15.0 Å². The van der Waals surface area contributed by atoms with Crippen LogP contribution in [-0.2, 0) is 11.3 Å². The molecule has 1 atom stereocenters. The highest BCUT2D eigenvalue weighted by molar-refractivity contribution is 5.91. The van der Waals surface area contributed by atoms with E-state index >= 15 is 0 Å². The summed E-state index contributed by atoms with van der Waals surface area (Å²) in [6, 6.07) is 10.5. The van der Waals surface area contributed by atoms with Gasteiger partial charge in [0.25, 0.3) is 5.91 Å². The fourth-order valence-corrected chi connectivity index (χ4v) is 2.42. The first kappa shape index (κ1) is 17.9. The second-order valence-electron chi connectivity index (χ2n) is 5.48. The van der Waals surface area contributed by atoms with Crippen LogP contribution in [0.5, 0.6) is 5.75 Å². The van der Waals surface area contributed by atoms with Crippen LogP contribution < -0.4 is 15.0 Å². The van der Waals surface area contributed by atoms with Gasteiger partial charge in [0.2, 0.25) is 0 Å². The lowest BCUT2D eigenvalue weighted by Crippen LogP contribution is -3.11. The van der Waals surface area contributed by atoms with Crippen molar-refractivity contribution in [1.82, 2.24) is 0 Å². The number of rotatable bonds is 7. The highest BCUT2D eigenvalue weighted by atomic mass is 19.1. The maximum absolute atomic E-state index is 13.7. The van der Waals surface area contributed by atoms with Crippen LogP contribution in [0.4, 0.5) is 14.5 Å². The average molecular weight is 335 g/mol. The third-order valence-electron chi connectivity index (χ3n) is 3.69. The molecule has 128 valence electrons. The molecule has 2 N–H and O–H groups in total. The summed E-state index contributed by atoms with van der Waals surface area (Å²) in [7, 11) is 1.42. The van der Waals surface area contributed by atoms with E-state index < -0.39 is 11.6 Å². The molecule has 0 aliphatic carbocycles. The molecule has 0 aliphatic rings. The summed E-state index contributed by atoms with van der Waals surface area (Å²) in [5, 5.41) is 2.67. The van der Waals surface area contributed by atoms with Gasteiger partial charge in [-0.25, -0.2) is 8.78 Å². The Morgan fingerprint density at radius 3 is 2.62 bits per heavy atom. The first-order chi connectivity index (χ1) is 11.5. The number of hydrogen-bond acceptors (Lipinski definition) is 2. The zero-order valence-electron chi connectivity index (χ0n) is 13.7. The largest absolute Gasteiger partial charge is 0.494 e.